The van der Waals surface area contributed by atoms with Crippen molar-refractivity contribution in [3.8, 4) is 0 Å². The summed E-state index contributed by atoms with van der Waals surface area (Å²) >= 11 is 5.73. The number of carboxylic acids is 1. The minimum atomic E-state index is -1.07. The Morgan fingerprint density at radius 1 is 1.35 bits per heavy atom. The fraction of sp³-hybridized carbons (Fsp3) is 0.273. The Kier molecular flexibility index (Phi) is 4.93. The van der Waals surface area contributed by atoms with Crippen molar-refractivity contribution in [2.45, 2.75) is 0 Å². The average molecular weight is 257 g/mol. The van der Waals surface area contributed by atoms with Crippen molar-refractivity contribution < 1.29 is 14.7 Å². The van der Waals surface area contributed by atoms with Crippen molar-refractivity contribution in [2.24, 2.45) is 0 Å². The molecular weight excluding hydrogens is 244 g/mol. The zero-order chi connectivity index (χ0) is 12.8. The van der Waals surface area contributed by atoms with Crippen LogP contribution in [0.2, 0.25) is 5.02 Å². The molecule has 17 heavy (non-hydrogen) atoms. The summed E-state index contributed by atoms with van der Waals surface area (Å²) in [4.78, 5) is 23.6. The lowest BCUT2D eigenvalue weighted by Crippen LogP contribution is -2.40. The Bertz CT molecular complexity index is 406. The van der Waals surface area contributed by atoms with Gasteiger partial charge in [0, 0.05) is 10.7 Å². The number of nitrogens with one attached hydrogen (secondary N) is 1. The molecule has 0 aromatic heterocycles. The summed E-state index contributed by atoms with van der Waals surface area (Å²) in [5.74, 6) is -1.37. The van der Waals surface area contributed by atoms with E-state index in [0.29, 0.717) is 10.7 Å². The molecule has 0 atom stereocenters. The molecule has 0 saturated heterocycles. The second-order valence-corrected chi connectivity index (χ2v) is 3.82. The number of amides is 1. The number of hydrogen-bond donors (Lipinski definition) is 2. The van der Waals surface area contributed by atoms with Crippen LogP contribution in [-0.4, -0.2) is 37.1 Å². The first kappa shape index (κ1) is 13.5. The van der Waals surface area contributed by atoms with Crippen molar-refractivity contribution in [3.05, 3.63) is 29.3 Å². The molecule has 0 fully saturated rings. The van der Waals surface area contributed by atoms with Crippen LogP contribution in [0.15, 0.2) is 24.3 Å². The lowest BCUT2D eigenvalue weighted by atomic mass is 10.2. The number of carboxylic acid groups (broad SMARTS) is 1. The average Bonchev–Trinajstić information content (AvgIpc) is 2.27. The van der Waals surface area contributed by atoms with E-state index in [1.807, 2.05) is 0 Å². The Hall–Kier alpha value is -1.59. The van der Waals surface area contributed by atoms with Crippen LogP contribution in [0.4, 0.5) is 5.69 Å². The predicted molar refractivity (Wildman–Crippen MR) is 65.4 cm³/mol. The summed E-state index contributed by atoms with van der Waals surface area (Å²) < 4.78 is 0. The monoisotopic (exact) mass is 256 g/mol. The van der Waals surface area contributed by atoms with Crippen LogP contribution >= 0.6 is 11.6 Å². The van der Waals surface area contributed by atoms with Gasteiger partial charge in [-0.05, 0) is 31.3 Å². The molecule has 1 amide bonds. The predicted octanol–water partition coefficient (Wildman–Crippen LogP) is 0.977. The Morgan fingerprint density at radius 2 is 1.94 bits per heavy atom. The third-order valence-electron chi connectivity index (χ3n) is 2.06. The van der Waals surface area contributed by atoms with Gasteiger partial charge in [-0.3, -0.25) is 9.59 Å². The minimum Gasteiger partial charge on any atom is -0.480 e. The van der Waals surface area contributed by atoms with Crippen molar-refractivity contribution in [1.29, 1.82) is 0 Å². The first-order chi connectivity index (χ1) is 8.04. The smallest absolute Gasteiger partial charge is 0.323 e. The number of halogens is 1. The second-order valence-electron chi connectivity index (χ2n) is 3.38. The van der Waals surface area contributed by atoms with Gasteiger partial charge in [0.25, 0.3) is 0 Å². The van der Waals surface area contributed by atoms with Crippen LogP contribution in [0.25, 0.3) is 0 Å². The minimum absolute atomic E-state index is 0.0793. The molecule has 1 aromatic carbocycles. The molecule has 0 aliphatic carbocycles. The largest absolute Gasteiger partial charge is 0.480 e. The molecule has 0 aliphatic heterocycles. The number of anilines is 1. The van der Waals surface area contributed by atoms with Crippen molar-refractivity contribution in [2.75, 3.05) is 25.0 Å². The molecule has 6 heteroatoms. The third kappa shape index (κ3) is 4.05. The highest BCUT2D eigenvalue weighted by atomic mass is 35.5. The summed E-state index contributed by atoms with van der Waals surface area (Å²) in [6, 6.07) is 6.44. The van der Waals surface area contributed by atoms with Gasteiger partial charge in [-0.15, -0.1) is 0 Å². The van der Waals surface area contributed by atoms with Crippen LogP contribution in [-0.2, 0) is 9.59 Å². The first-order valence-corrected chi connectivity index (χ1v) is 5.34. The van der Waals surface area contributed by atoms with Crippen molar-refractivity contribution in [1.82, 2.24) is 5.32 Å². The van der Waals surface area contributed by atoms with E-state index in [-0.39, 0.29) is 19.0 Å². The molecule has 0 saturated carbocycles. The highest BCUT2D eigenvalue weighted by Crippen LogP contribution is 2.17. The summed E-state index contributed by atoms with van der Waals surface area (Å²) in [7, 11) is 1.62. The Balaban J connectivity index is 2.92. The normalized spacial score (nSPS) is 10.0. The van der Waals surface area contributed by atoms with E-state index in [2.05, 4.69) is 5.32 Å². The van der Waals surface area contributed by atoms with Gasteiger partial charge in [0.2, 0.25) is 5.91 Å². The first-order valence-electron chi connectivity index (χ1n) is 4.97. The Morgan fingerprint density at radius 3 is 2.41 bits per heavy atom. The van der Waals surface area contributed by atoms with Gasteiger partial charge < -0.3 is 15.3 Å². The van der Waals surface area contributed by atoms with Gasteiger partial charge in [0.05, 0.1) is 6.54 Å². The van der Waals surface area contributed by atoms with Gasteiger partial charge >= 0.3 is 5.97 Å². The van der Waals surface area contributed by atoms with Crippen LogP contribution in [0.3, 0.4) is 0 Å². The van der Waals surface area contributed by atoms with Crippen molar-refractivity contribution >= 4 is 29.2 Å². The van der Waals surface area contributed by atoms with Gasteiger partial charge in [-0.25, -0.2) is 0 Å². The standard InChI is InChI=1S/C11H13ClN2O3/c1-13-6-10(15)14(7-11(16)17)9-4-2-8(12)3-5-9/h2-5,13H,6-7H2,1H3,(H,16,17). The van der Waals surface area contributed by atoms with Gasteiger partial charge in [-0.2, -0.15) is 0 Å². The number of hydrogen-bond acceptors (Lipinski definition) is 3. The molecular formula is C11H13ClN2O3. The number of aliphatic carboxylic acids is 1. The number of carbonyl (C=O) groups is 2. The molecule has 0 aliphatic rings. The molecule has 0 spiro atoms. The lowest BCUT2D eigenvalue weighted by molar-refractivity contribution is -0.136. The molecule has 0 bridgehead atoms. The maximum atomic E-state index is 11.7. The van der Waals surface area contributed by atoms with Crippen LogP contribution < -0.4 is 10.2 Å². The number of nitrogens with zero attached hydrogens (tertiary/aromatic N) is 1. The van der Waals surface area contributed by atoms with E-state index in [1.165, 1.54) is 4.90 Å². The maximum absolute atomic E-state index is 11.7. The molecule has 0 heterocycles. The van der Waals surface area contributed by atoms with Gasteiger partial charge in [0.1, 0.15) is 6.54 Å². The molecule has 1 aromatic rings. The molecule has 0 radical (unpaired) electrons. The lowest BCUT2D eigenvalue weighted by Gasteiger charge is -2.20. The summed E-state index contributed by atoms with van der Waals surface area (Å²) in [6.45, 7) is -0.294. The maximum Gasteiger partial charge on any atom is 0.323 e. The second kappa shape index (κ2) is 6.22. The number of rotatable bonds is 5. The highest BCUT2D eigenvalue weighted by Gasteiger charge is 2.17. The number of likely N-dealkylation sites (N-methyl/N-ethyl adjacent to an activating group) is 1. The number of carbonyl (C=O) groups excluding carboxylic acids is 1. The van der Waals surface area contributed by atoms with E-state index in [0.717, 1.165) is 0 Å². The van der Waals surface area contributed by atoms with E-state index >= 15 is 0 Å². The number of benzene rings is 1. The quantitative estimate of drug-likeness (QED) is 0.824. The molecule has 5 nitrogen and oxygen atoms in total. The van der Waals surface area contributed by atoms with E-state index < -0.39 is 5.97 Å². The van der Waals surface area contributed by atoms with Crippen LogP contribution in [0.5, 0.6) is 0 Å². The third-order valence-corrected chi connectivity index (χ3v) is 2.31. The Labute approximate surface area is 104 Å². The summed E-state index contributed by atoms with van der Waals surface area (Å²) in [5, 5.41) is 12.0. The van der Waals surface area contributed by atoms with E-state index in [1.54, 1.807) is 31.3 Å². The summed E-state index contributed by atoms with van der Waals surface area (Å²) in [5.41, 5.74) is 0.511. The van der Waals surface area contributed by atoms with Gasteiger partial charge in [0.15, 0.2) is 0 Å². The molecule has 0 unspecified atom stereocenters. The SMILES string of the molecule is CNCC(=O)N(CC(=O)O)c1ccc(Cl)cc1. The topological polar surface area (TPSA) is 69.6 Å². The van der Waals surface area contributed by atoms with Gasteiger partial charge in [-0.1, -0.05) is 11.6 Å². The van der Waals surface area contributed by atoms with Crippen LogP contribution in [0, 0.1) is 0 Å². The molecule has 1 rings (SSSR count). The van der Waals surface area contributed by atoms with Crippen LogP contribution in [0.1, 0.15) is 0 Å². The fourth-order valence-electron chi connectivity index (χ4n) is 1.33. The molecule has 92 valence electrons. The molecule has 2 N–H and O–H groups in total. The fourth-order valence-corrected chi connectivity index (χ4v) is 1.45. The van der Waals surface area contributed by atoms with E-state index in [4.69, 9.17) is 16.7 Å². The summed E-state index contributed by atoms with van der Waals surface area (Å²) in [6.07, 6.45) is 0. The van der Waals surface area contributed by atoms with E-state index in [9.17, 15) is 9.59 Å². The highest BCUT2D eigenvalue weighted by molar-refractivity contribution is 6.30. The zero-order valence-electron chi connectivity index (χ0n) is 9.31. The zero-order valence-corrected chi connectivity index (χ0v) is 10.1. The van der Waals surface area contributed by atoms with Crippen molar-refractivity contribution in [3.63, 3.8) is 0 Å².